The van der Waals surface area contributed by atoms with Crippen molar-refractivity contribution in [2.45, 2.75) is 62.7 Å². The van der Waals surface area contributed by atoms with E-state index in [4.69, 9.17) is 0 Å². The Morgan fingerprint density at radius 2 is 1.74 bits per heavy atom. The van der Waals surface area contributed by atoms with E-state index in [1.54, 1.807) is 21.6 Å². The molecular formula is C35H41N3O4S. The largest absolute Gasteiger partial charge is 0.394 e. The van der Waals surface area contributed by atoms with E-state index in [-0.39, 0.29) is 35.5 Å². The third kappa shape index (κ3) is 5.02. The molecule has 4 heterocycles. The SMILES string of the molecule is Cc1ccc(C)c(N2CC=C[C@]34S[C@H]5C=CCN(Cc6ccccc6)C(=O)[C@H]5[C@H]3C(=O)N([C@@H](CO)CC(C)C)C4C2=O)c1. The van der Waals surface area contributed by atoms with Crippen LogP contribution in [0.2, 0.25) is 0 Å². The van der Waals surface area contributed by atoms with E-state index >= 15 is 0 Å². The number of anilines is 1. The number of hydrogen-bond donors (Lipinski definition) is 1. The molecule has 4 aliphatic heterocycles. The molecular weight excluding hydrogens is 558 g/mol. The molecule has 0 bridgehead atoms. The highest BCUT2D eigenvalue weighted by Crippen LogP contribution is 2.61. The zero-order valence-electron chi connectivity index (χ0n) is 25.3. The van der Waals surface area contributed by atoms with E-state index in [1.165, 1.54) is 0 Å². The minimum atomic E-state index is -0.920. The minimum absolute atomic E-state index is 0.0527. The van der Waals surface area contributed by atoms with Gasteiger partial charge in [0, 0.05) is 30.6 Å². The second kappa shape index (κ2) is 11.6. The summed E-state index contributed by atoms with van der Waals surface area (Å²) >= 11 is 1.59. The van der Waals surface area contributed by atoms with Gasteiger partial charge in [-0.15, -0.1) is 11.8 Å². The first-order valence-corrected chi connectivity index (χ1v) is 16.2. The maximum atomic E-state index is 14.8. The summed E-state index contributed by atoms with van der Waals surface area (Å²) in [6.07, 6.45) is 8.73. The van der Waals surface area contributed by atoms with Crippen LogP contribution in [0.1, 0.15) is 37.0 Å². The molecule has 43 heavy (non-hydrogen) atoms. The highest BCUT2D eigenvalue weighted by atomic mass is 32.2. The Kier molecular flexibility index (Phi) is 8.03. The first kappa shape index (κ1) is 29.7. The smallest absolute Gasteiger partial charge is 0.251 e. The lowest BCUT2D eigenvalue weighted by Crippen LogP contribution is -2.57. The quantitative estimate of drug-likeness (QED) is 0.474. The molecule has 7 nitrogen and oxygen atoms in total. The number of hydrogen-bond acceptors (Lipinski definition) is 5. The molecule has 3 amide bonds. The number of thioether (sulfide) groups is 1. The molecule has 0 radical (unpaired) electrons. The first-order valence-electron chi connectivity index (χ1n) is 15.3. The first-order chi connectivity index (χ1) is 20.7. The van der Waals surface area contributed by atoms with Gasteiger partial charge in [-0.3, -0.25) is 14.4 Å². The van der Waals surface area contributed by atoms with Crippen molar-refractivity contribution in [1.82, 2.24) is 9.80 Å². The van der Waals surface area contributed by atoms with Crippen LogP contribution < -0.4 is 4.90 Å². The van der Waals surface area contributed by atoms with E-state index in [1.807, 2.05) is 79.4 Å². The fourth-order valence-corrected chi connectivity index (χ4v) is 9.51. The maximum absolute atomic E-state index is 14.8. The van der Waals surface area contributed by atoms with Gasteiger partial charge in [-0.25, -0.2) is 0 Å². The van der Waals surface area contributed by atoms with E-state index in [2.05, 4.69) is 26.0 Å². The average molecular weight is 600 g/mol. The van der Waals surface area contributed by atoms with Crippen molar-refractivity contribution >= 4 is 35.2 Å². The van der Waals surface area contributed by atoms with Crippen LogP contribution >= 0.6 is 11.8 Å². The van der Waals surface area contributed by atoms with Crippen molar-refractivity contribution in [2.75, 3.05) is 24.6 Å². The van der Waals surface area contributed by atoms with Crippen molar-refractivity contribution in [3.05, 3.63) is 89.5 Å². The third-order valence-electron chi connectivity index (χ3n) is 9.40. The predicted molar refractivity (Wildman–Crippen MR) is 170 cm³/mol. The number of carbonyl (C=O) groups is 3. The van der Waals surface area contributed by atoms with Gasteiger partial charge in [0.2, 0.25) is 11.8 Å². The number of likely N-dealkylation sites (tertiary alicyclic amines) is 1. The molecule has 8 heteroatoms. The van der Waals surface area contributed by atoms with Crippen molar-refractivity contribution < 1.29 is 19.5 Å². The van der Waals surface area contributed by atoms with Crippen LogP contribution in [0.25, 0.3) is 0 Å². The molecule has 2 aromatic carbocycles. The summed E-state index contributed by atoms with van der Waals surface area (Å²) in [6.45, 7) is 9.19. The number of carbonyl (C=O) groups excluding carboxylic acids is 3. The van der Waals surface area contributed by atoms with Crippen LogP contribution in [0.3, 0.4) is 0 Å². The third-order valence-corrected chi connectivity index (χ3v) is 11.1. The highest BCUT2D eigenvalue weighted by molar-refractivity contribution is 8.02. The number of fused-ring (bicyclic) bond motifs is 2. The monoisotopic (exact) mass is 599 g/mol. The molecule has 1 unspecified atom stereocenters. The molecule has 2 fully saturated rings. The molecule has 226 valence electrons. The summed E-state index contributed by atoms with van der Waals surface area (Å²) in [5.41, 5.74) is 3.89. The molecule has 0 saturated carbocycles. The summed E-state index contributed by atoms with van der Waals surface area (Å²) in [4.78, 5) is 49.3. The second-order valence-corrected chi connectivity index (χ2v) is 14.3. The fraction of sp³-hybridized carbons (Fsp3) is 0.457. The Labute approximate surface area is 258 Å². The van der Waals surface area contributed by atoms with E-state index in [9.17, 15) is 19.5 Å². The highest BCUT2D eigenvalue weighted by Gasteiger charge is 2.71. The van der Waals surface area contributed by atoms with Crippen LogP contribution in [0, 0.1) is 31.6 Å². The van der Waals surface area contributed by atoms with Gasteiger partial charge in [-0.05, 0) is 48.9 Å². The predicted octanol–water partition coefficient (Wildman–Crippen LogP) is 4.51. The molecule has 2 aromatic rings. The Bertz CT molecular complexity index is 1470. The van der Waals surface area contributed by atoms with Crippen LogP contribution in [0.15, 0.2) is 72.8 Å². The Morgan fingerprint density at radius 3 is 2.47 bits per heavy atom. The molecule has 4 aliphatic rings. The zero-order valence-corrected chi connectivity index (χ0v) is 26.2. The van der Waals surface area contributed by atoms with Crippen LogP contribution in [0.4, 0.5) is 5.69 Å². The van der Waals surface area contributed by atoms with Crippen molar-refractivity contribution in [3.63, 3.8) is 0 Å². The molecule has 6 atom stereocenters. The number of nitrogens with zero attached hydrogens (tertiary/aromatic N) is 3. The molecule has 0 aliphatic carbocycles. The van der Waals surface area contributed by atoms with Gasteiger partial charge in [0.1, 0.15) is 6.04 Å². The molecule has 2 saturated heterocycles. The number of amides is 3. The molecule has 6 rings (SSSR count). The number of aliphatic hydroxyl groups is 1. The standard InChI is InChI=1S/C35H41N3O4S/c1-22(2)18-26(21-39)38-31-34(42)37(27-19-23(3)13-14-24(27)4)17-9-15-35(31)30(33(38)41)29-28(43-35)12-8-16-36(32(29)40)20-25-10-6-5-7-11-25/h5-15,19,22,26,28-31,39H,16-18,20-21H2,1-4H3/t26-,28+,29-,30+,31?,35+/m1/s1. The van der Waals surface area contributed by atoms with Gasteiger partial charge >= 0.3 is 0 Å². The van der Waals surface area contributed by atoms with Crippen LogP contribution in [0.5, 0.6) is 0 Å². The lowest BCUT2D eigenvalue weighted by Gasteiger charge is -2.39. The van der Waals surface area contributed by atoms with Gasteiger partial charge < -0.3 is 19.8 Å². The van der Waals surface area contributed by atoms with Gasteiger partial charge in [0.25, 0.3) is 5.91 Å². The summed E-state index contributed by atoms with van der Waals surface area (Å²) in [7, 11) is 0. The van der Waals surface area contributed by atoms with Gasteiger partial charge in [0.05, 0.1) is 29.2 Å². The fourth-order valence-electron chi connectivity index (χ4n) is 7.51. The Morgan fingerprint density at radius 1 is 0.977 bits per heavy atom. The summed E-state index contributed by atoms with van der Waals surface area (Å²) in [5, 5.41) is 10.4. The molecule has 1 spiro atoms. The zero-order chi connectivity index (χ0) is 30.5. The summed E-state index contributed by atoms with van der Waals surface area (Å²) in [5.74, 6) is -1.51. The number of rotatable bonds is 7. The van der Waals surface area contributed by atoms with Crippen molar-refractivity contribution in [1.29, 1.82) is 0 Å². The summed E-state index contributed by atoms with van der Waals surface area (Å²) in [6, 6.07) is 14.6. The van der Waals surface area contributed by atoms with E-state index in [0.29, 0.717) is 26.1 Å². The number of aliphatic hydroxyl groups excluding tert-OH is 1. The lowest BCUT2D eigenvalue weighted by atomic mass is 9.78. The normalized spacial score (nSPS) is 29.1. The van der Waals surface area contributed by atoms with Gasteiger partial charge in [-0.2, -0.15) is 0 Å². The maximum Gasteiger partial charge on any atom is 0.251 e. The number of aryl methyl sites for hydroxylation is 2. The topological polar surface area (TPSA) is 81.2 Å². The van der Waals surface area contributed by atoms with Gasteiger partial charge in [-0.1, -0.05) is 80.6 Å². The Balaban J connectivity index is 1.45. The number of benzene rings is 2. The summed E-state index contributed by atoms with van der Waals surface area (Å²) < 4.78 is -0.920. The van der Waals surface area contributed by atoms with Crippen LogP contribution in [-0.4, -0.2) is 74.4 Å². The van der Waals surface area contributed by atoms with Crippen LogP contribution in [-0.2, 0) is 20.9 Å². The van der Waals surface area contributed by atoms with Crippen molar-refractivity contribution in [2.24, 2.45) is 17.8 Å². The molecule has 0 aromatic heterocycles. The van der Waals surface area contributed by atoms with E-state index < -0.39 is 28.7 Å². The molecule has 1 N–H and O–H groups in total. The average Bonchev–Trinajstić information content (AvgIpc) is 3.31. The second-order valence-electron chi connectivity index (χ2n) is 12.8. The Hall–Kier alpha value is -3.36. The van der Waals surface area contributed by atoms with E-state index in [0.717, 1.165) is 22.4 Å². The van der Waals surface area contributed by atoms with Crippen molar-refractivity contribution in [3.8, 4) is 0 Å². The minimum Gasteiger partial charge on any atom is -0.394 e. The van der Waals surface area contributed by atoms with Gasteiger partial charge in [0.15, 0.2) is 0 Å². The lowest BCUT2D eigenvalue weighted by molar-refractivity contribution is -0.145.